The number of amides is 1. The summed E-state index contributed by atoms with van der Waals surface area (Å²) in [4.78, 5) is 27.2. The molecule has 0 radical (unpaired) electrons. The first-order chi connectivity index (χ1) is 15.2. The zero-order valence-electron chi connectivity index (χ0n) is 17.5. The third-order valence-corrected chi connectivity index (χ3v) is 5.57. The van der Waals surface area contributed by atoms with Gasteiger partial charge in [0.15, 0.2) is 0 Å². The molecule has 4 rings (SSSR count). The van der Waals surface area contributed by atoms with Gasteiger partial charge in [0, 0.05) is 30.1 Å². The number of nitrogens with zero attached hydrogens (tertiary/aromatic N) is 1. The number of methoxy groups -OCH3 is 1. The minimum Gasteiger partial charge on any atom is -0.497 e. The molecule has 0 aromatic heterocycles. The van der Waals surface area contributed by atoms with E-state index in [2.05, 4.69) is 0 Å². The van der Waals surface area contributed by atoms with E-state index >= 15 is 0 Å². The number of anilines is 1. The van der Waals surface area contributed by atoms with Gasteiger partial charge in [-0.25, -0.2) is 0 Å². The highest BCUT2D eigenvalue weighted by Crippen LogP contribution is 2.41. The van der Waals surface area contributed by atoms with Gasteiger partial charge < -0.3 is 14.4 Å². The Labute approximate surface area is 182 Å². The van der Waals surface area contributed by atoms with E-state index in [4.69, 9.17) is 9.47 Å². The molecule has 0 spiro atoms. The second-order valence-electron chi connectivity index (χ2n) is 7.59. The van der Waals surface area contributed by atoms with E-state index in [-0.39, 0.29) is 24.4 Å². The molecule has 1 heterocycles. The Kier molecular flexibility index (Phi) is 6.32. The van der Waals surface area contributed by atoms with Crippen molar-refractivity contribution in [1.29, 1.82) is 0 Å². The SMILES string of the molecule is COc1ccc2c(c1)C(CCC(=O)OCc1ccccc1)CN2C(=O)c1ccccc1. The highest BCUT2D eigenvalue weighted by Gasteiger charge is 2.33. The van der Waals surface area contributed by atoms with Crippen LogP contribution >= 0.6 is 0 Å². The number of ether oxygens (including phenoxy) is 2. The number of fused-ring (bicyclic) bond motifs is 1. The van der Waals surface area contributed by atoms with E-state index in [1.54, 1.807) is 12.0 Å². The van der Waals surface area contributed by atoms with Crippen molar-refractivity contribution >= 4 is 17.6 Å². The largest absolute Gasteiger partial charge is 0.497 e. The molecule has 0 N–H and O–H groups in total. The first-order valence-electron chi connectivity index (χ1n) is 10.4. The van der Waals surface area contributed by atoms with E-state index in [9.17, 15) is 9.59 Å². The molecule has 1 atom stereocenters. The molecule has 158 valence electrons. The van der Waals surface area contributed by atoms with Crippen LogP contribution in [0.1, 0.15) is 40.2 Å². The Morgan fingerprint density at radius 2 is 1.68 bits per heavy atom. The fraction of sp³-hybridized carbons (Fsp3) is 0.231. The molecule has 0 saturated heterocycles. The molecule has 5 heteroatoms. The van der Waals surface area contributed by atoms with Crippen LogP contribution in [0.5, 0.6) is 5.75 Å². The second kappa shape index (κ2) is 9.47. The Morgan fingerprint density at radius 1 is 0.968 bits per heavy atom. The van der Waals surface area contributed by atoms with Crippen LogP contribution in [0.4, 0.5) is 5.69 Å². The van der Waals surface area contributed by atoms with Crippen LogP contribution in [0.25, 0.3) is 0 Å². The van der Waals surface area contributed by atoms with Crippen LogP contribution in [0.15, 0.2) is 78.9 Å². The Morgan fingerprint density at radius 3 is 2.39 bits per heavy atom. The first kappa shape index (κ1) is 20.7. The number of carbonyl (C=O) groups excluding carboxylic acids is 2. The Balaban J connectivity index is 1.45. The average molecular weight is 415 g/mol. The van der Waals surface area contributed by atoms with E-state index in [1.165, 1.54) is 0 Å². The molecule has 1 unspecified atom stereocenters. The molecule has 0 aliphatic carbocycles. The van der Waals surface area contributed by atoms with Crippen molar-refractivity contribution in [3.63, 3.8) is 0 Å². The zero-order chi connectivity index (χ0) is 21.6. The van der Waals surface area contributed by atoms with Crippen LogP contribution in [-0.2, 0) is 16.1 Å². The molecule has 0 fully saturated rings. The lowest BCUT2D eigenvalue weighted by Crippen LogP contribution is -2.29. The molecular formula is C26H25NO4. The van der Waals surface area contributed by atoms with Crippen molar-refractivity contribution in [3.8, 4) is 5.75 Å². The van der Waals surface area contributed by atoms with E-state index in [1.807, 2.05) is 78.9 Å². The van der Waals surface area contributed by atoms with Crippen molar-refractivity contribution in [2.75, 3.05) is 18.6 Å². The fourth-order valence-electron chi connectivity index (χ4n) is 3.93. The van der Waals surface area contributed by atoms with Gasteiger partial charge in [0.05, 0.1) is 7.11 Å². The number of benzene rings is 3. The number of esters is 1. The summed E-state index contributed by atoms with van der Waals surface area (Å²) in [5, 5.41) is 0. The van der Waals surface area contributed by atoms with Crippen LogP contribution < -0.4 is 9.64 Å². The summed E-state index contributed by atoms with van der Waals surface area (Å²) < 4.78 is 10.8. The highest BCUT2D eigenvalue weighted by molar-refractivity contribution is 6.07. The van der Waals surface area contributed by atoms with Crippen molar-refractivity contribution in [2.24, 2.45) is 0 Å². The molecule has 1 aliphatic rings. The lowest BCUT2D eigenvalue weighted by Gasteiger charge is -2.18. The summed E-state index contributed by atoms with van der Waals surface area (Å²) in [5.74, 6) is 0.508. The van der Waals surface area contributed by atoms with Gasteiger partial charge in [-0.2, -0.15) is 0 Å². The standard InChI is InChI=1S/C26H25NO4/c1-30-22-13-14-24-23(16-22)21(17-27(24)26(29)20-10-6-3-7-11-20)12-15-25(28)31-18-19-8-4-2-5-9-19/h2-11,13-14,16,21H,12,15,17-18H2,1H3. The van der Waals surface area contributed by atoms with Crippen molar-refractivity contribution < 1.29 is 19.1 Å². The van der Waals surface area contributed by atoms with Gasteiger partial charge in [-0.15, -0.1) is 0 Å². The third kappa shape index (κ3) is 4.77. The van der Waals surface area contributed by atoms with Crippen molar-refractivity contribution in [3.05, 3.63) is 95.6 Å². The van der Waals surface area contributed by atoms with Crippen molar-refractivity contribution in [2.45, 2.75) is 25.4 Å². The van der Waals surface area contributed by atoms with Gasteiger partial charge in [0.2, 0.25) is 0 Å². The molecule has 31 heavy (non-hydrogen) atoms. The second-order valence-corrected chi connectivity index (χ2v) is 7.59. The molecule has 1 aliphatic heterocycles. The average Bonchev–Trinajstić information content (AvgIpc) is 3.19. The fourth-order valence-corrected chi connectivity index (χ4v) is 3.93. The summed E-state index contributed by atoms with van der Waals surface area (Å²) in [5.41, 5.74) is 3.51. The quantitative estimate of drug-likeness (QED) is 0.512. The van der Waals surface area contributed by atoms with Crippen LogP contribution in [0.3, 0.4) is 0 Å². The molecular weight excluding hydrogens is 390 g/mol. The first-order valence-corrected chi connectivity index (χ1v) is 10.4. The maximum atomic E-state index is 13.1. The summed E-state index contributed by atoms with van der Waals surface area (Å²) in [6.07, 6.45) is 0.897. The molecule has 3 aromatic rings. The van der Waals surface area contributed by atoms with Crippen LogP contribution in [0, 0.1) is 0 Å². The smallest absolute Gasteiger partial charge is 0.306 e. The van der Waals surface area contributed by atoms with Gasteiger partial charge in [-0.3, -0.25) is 9.59 Å². The maximum absolute atomic E-state index is 13.1. The third-order valence-electron chi connectivity index (χ3n) is 5.57. The van der Waals surface area contributed by atoms with Gasteiger partial charge in [0.1, 0.15) is 12.4 Å². The highest BCUT2D eigenvalue weighted by atomic mass is 16.5. The topological polar surface area (TPSA) is 55.8 Å². The maximum Gasteiger partial charge on any atom is 0.306 e. The van der Waals surface area contributed by atoms with Gasteiger partial charge in [-0.05, 0) is 47.9 Å². The minimum absolute atomic E-state index is 0.0406. The van der Waals surface area contributed by atoms with Crippen molar-refractivity contribution in [1.82, 2.24) is 0 Å². The number of hydrogen-bond acceptors (Lipinski definition) is 4. The number of hydrogen-bond donors (Lipinski definition) is 0. The molecule has 1 amide bonds. The van der Waals surface area contributed by atoms with E-state index in [0.717, 1.165) is 22.6 Å². The Bertz CT molecular complexity index is 1050. The predicted octanol–water partition coefficient (Wildman–Crippen LogP) is 4.96. The van der Waals surface area contributed by atoms with E-state index < -0.39 is 0 Å². The molecule has 3 aromatic carbocycles. The summed E-state index contributed by atoms with van der Waals surface area (Å²) in [7, 11) is 1.62. The van der Waals surface area contributed by atoms with Gasteiger partial charge in [-0.1, -0.05) is 48.5 Å². The van der Waals surface area contributed by atoms with Crippen LogP contribution in [-0.4, -0.2) is 25.5 Å². The van der Waals surface area contributed by atoms with E-state index in [0.29, 0.717) is 24.9 Å². The number of rotatable bonds is 7. The molecule has 0 saturated carbocycles. The van der Waals surface area contributed by atoms with Gasteiger partial charge in [0.25, 0.3) is 5.91 Å². The molecule has 5 nitrogen and oxygen atoms in total. The number of carbonyl (C=O) groups is 2. The summed E-state index contributed by atoms with van der Waals surface area (Å²) in [6.45, 7) is 0.801. The lowest BCUT2D eigenvalue weighted by molar-refractivity contribution is -0.145. The summed E-state index contributed by atoms with van der Waals surface area (Å²) >= 11 is 0. The Hall–Kier alpha value is -3.60. The lowest BCUT2D eigenvalue weighted by atomic mass is 9.96. The monoisotopic (exact) mass is 415 g/mol. The summed E-state index contributed by atoms with van der Waals surface area (Å²) in [6, 6.07) is 24.6. The van der Waals surface area contributed by atoms with Gasteiger partial charge >= 0.3 is 5.97 Å². The molecule has 0 bridgehead atoms. The normalized spacial score (nSPS) is 14.7. The zero-order valence-corrected chi connectivity index (χ0v) is 17.5. The van der Waals surface area contributed by atoms with Crippen LogP contribution in [0.2, 0.25) is 0 Å². The minimum atomic E-state index is -0.235. The predicted molar refractivity (Wildman–Crippen MR) is 119 cm³/mol.